The van der Waals surface area contributed by atoms with Crippen LogP contribution >= 0.6 is 0 Å². The number of ether oxygens (including phenoxy) is 1. The van der Waals surface area contributed by atoms with Crippen LogP contribution in [0.1, 0.15) is 18.1 Å². The predicted octanol–water partition coefficient (Wildman–Crippen LogP) is 0.669. The SMILES string of the molecule is CCOc1ccc(NC(=[NH+]c2ccc(C)cc2)c2ccccc2)cc1.[Cl-]. The van der Waals surface area contributed by atoms with Crippen LogP contribution in [0.4, 0.5) is 11.4 Å². The average molecular weight is 367 g/mol. The Kier molecular flexibility index (Phi) is 7.24. The molecule has 3 aromatic carbocycles. The van der Waals surface area contributed by atoms with Crippen LogP contribution in [0.3, 0.4) is 0 Å². The first-order valence-corrected chi connectivity index (χ1v) is 8.50. The zero-order valence-electron chi connectivity index (χ0n) is 15.0. The first-order chi connectivity index (χ1) is 12.2. The zero-order valence-corrected chi connectivity index (χ0v) is 15.8. The molecule has 0 fully saturated rings. The Morgan fingerprint density at radius 1 is 0.885 bits per heavy atom. The maximum absolute atomic E-state index is 5.51. The second-order valence-corrected chi connectivity index (χ2v) is 5.81. The molecule has 3 rings (SSSR count). The molecule has 134 valence electrons. The minimum absolute atomic E-state index is 0. The highest BCUT2D eigenvalue weighted by Crippen LogP contribution is 2.16. The normalized spacial score (nSPS) is 10.8. The molecule has 26 heavy (non-hydrogen) atoms. The van der Waals surface area contributed by atoms with Crippen molar-refractivity contribution in [1.82, 2.24) is 0 Å². The molecule has 0 atom stereocenters. The van der Waals surface area contributed by atoms with Crippen molar-refractivity contribution >= 4 is 17.2 Å². The van der Waals surface area contributed by atoms with Gasteiger partial charge in [-0.3, -0.25) is 0 Å². The van der Waals surface area contributed by atoms with Crippen LogP contribution in [-0.4, -0.2) is 12.4 Å². The summed E-state index contributed by atoms with van der Waals surface area (Å²) in [6, 6.07) is 26.6. The molecular formula is C22H23ClN2O. The highest BCUT2D eigenvalue weighted by atomic mass is 35.5. The fourth-order valence-corrected chi connectivity index (χ4v) is 2.51. The Bertz CT molecular complexity index is 828. The third-order valence-corrected chi connectivity index (χ3v) is 3.82. The Morgan fingerprint density at radius 2 is 1.54 bits per heavy atom. The Hall–Kier alpha value is -2.78. The van der Waals surface area contributed by atoms with E-state index in [4.69, 9.17) is 4.74 Å². The number of amidine groups is 1. The van der Waals surface area contributed by atoms with Gasteiger partial charge in [0.1, 0.15) is 17.1 Å². The molecule has 0 aliphatic heterocycles. The number of hydrogen-bond acceptors (Lipinski definition) is 1. The number of rotatable bonds is 5. The fraction of sp³-hybridized carbons (Fsp3) is 0.136. The van der Waals surface area contributed by atoms with Crippen LogP contribution in [0.2, 0.25) is 0 Å². The van der Waals surface area contributed by atoms with E-state index in [1.165, 1.54) is 5.56 Å². The van der Waals surface area contributed by atoms with Gasteiger partial charge >= 0.3 is 0 Å². The molecule has 0 saturated carbocycles. The van der Waals surface area contributed by atoms with E-state index in [1.807, 2.05) is 49.4 Å². The van der Waals surface area contributed by atoms with Gasteiger partial charge < -0.3 is 17.1 Å². The number of aryl methyl sites for hydroxylation is 1. The van der Waals surface area contributed by atoms with Gasteiger partial charge in [-0.25, -0.2) is 10.3 Å². The molecule has 0 heterocycles. The summed E-state index contributed by atoms with van der Waals surface area (Å²) in [6.07, 6.45) is 0. The molecule has 0 aromatic heterocycles. The van der Waals surface area contributed by atoms with E-state index < -0.39 is 0 Å². The smallest absolute Gasteiger partial charge is 0.285 e. The van der Waals surface area contributed by atoms with E-state index in [1.54, 1.807) is 0 Å². The fourth-order valence-electron chi connectivity index (χ4n) is 2.51. The monoisotopic (exact) mass is 366 g/mol. The minimum atomic E-state index is 0. The van der Waals surface area contributed by atoms with Crippen LogP contribution in [-0.2, 0) is 0 Å². The zero-order chi connectivity index (χ0) is 17.5. The quantitative estimate of drug-likeness (QED) is 0.514. The molecule has 4 heteroatoms. The highest BCUT2D eigenvalue weighted by Gasteiger charge is 2.11. The topological polar surface area (TPSA) is 35.2 Å². The summed E-state index contributed by atoms with van der Waals surface area (Å²) in [7, 11) is 0. The molecule has 0 aliphatic rings. The van der Waals surface area contributed by atoms with Crippen molar-refractivity contribution in [2.75, 3.05) is 11.9 Å². The summed E-state index contributed by atoms with van der Waals surface area (Å²) in [6.45, 7) is 4.74. The molecule has 0 saturated heterocycles. The standard InChI is InChI=1S/C22H22N2O.ClH/c1-3-25-21-15-13-20(14-16-21)24-22(18-7-5-4-6-8-18)23-19-11-9-17(2)10-12-19;/h4-16H,3H2,1-2H3,(H,23,24);1H. The molecule has 3 nitrogen and oxygen atoms in total. The molecule has 0 spiro atoms. The lowest BCUT2D eigenvalue weighted by atomic mass is 10.2. The van der Waals surface area contributed by atoms with Gasteiger partial charge in [-0.05, 0) is 62.4 Å². The average Bonchev–Trinajstić information content (AvgIpc) is 2.65. The lowest BCUT2D eigenvalue weighted by Gasteiger charge is -2.06. The molecule has 0 unspecified atom stereocenters. The van der Waals surface area contributed by atoms with Crippen molar-refractivity contribution in [3.05, 3.63) is 90.0 Å². The van der Waals surface area contributed by atoms with Gasteiger partial charge in [0.25, 0.3) is 5.84 Å². The summed E-state index contributed by atoms with van der Waals surface area (Å²) in [5, 5.41) is 3.48. The maximum Gasteiger partial charge on any atom is 0.285 e. The van der Waals surface area contributed by atoms with Gasteiger partial charge in [0, 0.05) is 0 Å². The third kappa shape index (κ3) is 5.36. The maximum atomic E-state index is 5.51. The predicted molar refractivity (Wildman–Crippen MR) is 104 cm³/mol. The molecular weight excluding hydrogens is 344 g/mol. The van der Waals surface area contributed by atoms with Crippen molar-refractivity contribution in [2.45, 2.75) is 13.8 Å². The van der Waals surface area contributed by atoms with Crippen molar-refractivity contribution in [3.8, 4) is 5.75 Å². The second kappa shape index (κ2) is 9.64. The van der Waals surface area contributed by atoms with E-state index in [2.05, 4.69) is 53.6 Å². The lowest BCUT2D eigenvalue weighted by molar-refractivity contribution is -0.352. The number of benzene rings is 3. The van der Waals surface area contributed by atoms with Gasteiger partial charge in [-0.15, -0.1) is 0 Å². The first kappa shape index (κ1) is 19.5. The van der Waals surface area contributed by atoms with Crippen LogP contribution in [0.15, 0.2) is 78.9 Å². The Labute approximate surface area is 161 Å². The van der Waals surface area contributed by atoms with Crippen molar-refractivity contribution < 1.29 is 22.1 Å². The Balaban J connectivity index is 0.00000243. The number of anilines is 1. The third-order valence-electron chi connectivity index (χ3n) is 3.82. The van der Waals surface area contributed by atoms with E-state index in [9.17, 15) is 0 Å². The van der Waals surface area contributed by atoms with E-state index in [0.29, 0.717) is 6.61 Å². The summed E-state index contributed by atoms with van der Waals surface area (Å²) in [5.74, 6) is 1.81. The summed E-state index contributed by atoms with van der Waals surface area (Å²) in [4.78, 5) is 3.49. The summed E-state index contributed by atoms with van der Waals surface area (Å²) in [5.41, 5.74) is 4.38. The molecule has 0 radical (unpaired) electrons. The van der Waals surface area contributed by atoms with Crippen molar-refractivity contribution in [1.29, 1.82) is 0 Å². The number of hydrogen-bond donors (Lipinski definition) is 2. The van der Waals surface area contributed by atoms with Gasteiger partial charge in [0.05, 0.1) is 12.2 Å². The number of nitrogens with one attached hydrogen (secondary N) is 2. The summed E-state index contributed by atoms with van der Waals surface area (Å²) >= 11 is 0. The molecule has 0 aliphatic carbocycles. The second-order valence-electron chi connectivity index (χ2n) is 5.81. The number of halogens is 1. The van der Waals surface area contributed by atoms with Crippen LogP contribution in [0.5, 0.6) is 5.75 Å². The highest BCUT2D eigenvalue weighted by molar-refractivity contribution is 6.04. The van der Waals surface area contributed by atoms with Crippen molar-refractivity contribution in [3.63, 3.8) is 0 Å². The van der Waals surface area contributed by atoms with Crippen molar-refractivity contribution in [2.24, 2.45) is 0 Å². The molecule has 0 bridgehead atoms. The van der Waals surface area contributed by atoms with E-state index in [-0.39, 0.29) is 12.4 Å². The minimum Gasteiger partial charge on any atom is -1.00 e. The van der Waals surface area contributed by atoms with E-state index >= 15 is 0 Å². The van der Waals surface area contributed by atoms with Gasteiger partial charge in [0.2, 0.25) is 0 Å². The van der Waals surface area contributed by atoms with Gasteiger partial charge in [-0.2, -0.15) is 0 Å². The Morgan fingerprint density at radius 3 is 2.15 bits per heavy atom. The van der Waals surface area contributed by atoms with Gasteiger partial charge in [-0.1, -0.05) is 35.9 Å². The van der Waals surface area contributed by atoms with Crippen LogP contribution in [0, 0.1) is 6.92 Å². The molecule has 2 N–H and O–H groups in total. The largest absolute Gasteiger partial charge is 1.00 e. The molecule has 0 amide bonds. The first-order valence-electron chi connectivity index (χ1n) is 8.50. The van der Waals surface area contributed by atoms with Gasteiger partial charge in [0.15, 0.2) is 0 Å². The van der Waals surface area contributed by atoms with E-state index in [0.717, 1.165) is 28.5 Å². The van der Waals surface area contributed by atoms with Crippen LogP contribution < -0.4 is 27.5 Å². The van der Waals surface area contributed by atoms with Crippen LogP contribution in [0.25, 0.3) is 0 Å². The molecule has 3 aromatic rings. The lowest BCUT2D eigenvalue weighted by Crippen LogP contribution is -3.00. The summed E-state index contributed by atoms with van der Waals surface area (Å²) < 4.78 is 5.51.